The number of nitrogens with zero attached hydrogens (tertiary/aromatic N) is 2. The molecule has 0 atom stereocenters. The summed E-state index contributed by atoms with van der Waals surface area (Å²) < 4.78 is 15.2. The summed E-state index contributed by atoms with van der Waals surface area (Å²) in [5, 5.41) is 7.44. The standard InChI is InChI=1S/C14H18FN3/c1-12-4-5-13(10-14(12)15)11-16-6-2-8-18-9-3-7-17-18/h3-5,7,9-10,16H,2,6,8,11H2,1H3. The van der Waals surface area contributed by atoms with Gasteiger partial charge in [-0.2, -0.15) is 5.10 Å². The van der Waals surface area contributed by atoms with Gasteiger partial charge in [0.05, 0.1) is 0 Å². The van der Waals surface area contributed by atoms with Crippen molar-refractivity contribution in [2.24, 2.45) is 0 Å². The minimum atomic E-state index is -0.133. The average Bonchev–Trinajstić information content (AvgIpc) is 2.86. The van der Waals surface area contributed by atoms with E-state index in [0.29, 0.717) is 12.1 Å². The van der Waals surface area contributed by atoms with Gasteiger partial charge in [0.15, 0.2) is 0 Å². The quantitative estimate of drug-likeness (QED) is 0.795. The van der Waals surface area contributed by atoms with E-state index in [1.165, 1.54) is 0 Å². The van der Waals surface area contributed by atoms with Gasteiger partial charge < -0.3 is 5.32 Å². The number of hydrogen-bond acceptors (Lipinski definition) is 2. The van der Waals surface area contributed by atoms with Crippen LogP contribution in [0.4, 0.5) is 4.39 Å². The Kier molecular flexibility index (Phi) is 4.47. The van der Waals surface area contributed by atoms with Gasteiger partial charge in [-0.1, -0.05) is 12.1 Å². The number of nitrogens with one attached hydrogen (secondary N) is 1. The number of halogens is 1. The van der Waals surface area contributed by atoms with Crippen LogP contribution in [-0.4, -0.2) is 16.3 Å². The number of hydrogen-bond donors (Lipinski definition) is 1. The van der Waals surface area contributed by atoms with Crippen molar-refractivity contribution in [3.63, 3.8) is 0 Å². The molecule has 2 aromatic rings. The highest BCUT2D eigenvalue weighted by atomic mass is 19.1. The van der Waals surface area contributed by atoms with E-state index in [2.05, 4.69) is 10.4 Å². The van der Waals surface area contributed by atoms with Crippen LogP contribution in [0.2, 0.25) is 0 Å². The molecule has 0 amide bonds. The SMILES string of the molecule is Cc1ccc(CNCCCn2cccn2)cc1F. The molecule has 2 rings (SSSR count). The Morgan fingerprint density at radius 2 is 2.28 bits per heavy atom. The lowest BCUT2D eigenvalue weighted by Crippen LogP contribution is -2.16. The predicted molar refractivity (Wildman–Crippen MR) is 69.7 cm³/mol. The van der Waals surface area contributed by atoms with Crippen LogP contribution in [0, 0.1) is 12.7 Å². The van der Waals surface area contributed by atoms with E-state index in [1.54, 1.807) is 19.2 Å². The van der Waals surface area contributed by atoms with E-state index >= 15 is 0 Å². The molecule has 3 nitrogen and oxygen atoms in total. The number of rotatable bonds is 6. The zero-order valence-corrected chi connectivity index (χ0v) is 10.6. The first kappa shape index (κ1) is 12.8. The number of aryl methyl sites for hydroxylation is 2. The van der Waals surface area contributed by atoms with Crippen molar-refractivity contribution in [1.82, 2.24) is 15.1 Å². The van der Waals surface area contributed by atoms with Crippen molar-refractivity contribution in [2.45, 2.75) is 26.4 Å². The molecule has 0 aliphatic rings. The van der Waals surface area contributed by atoms with Crippen molar-refractivity contribution in [1.29, 1.82) is 0 Å². The second kappa shape index (κ2) is 6.31. The van der Waals surface area contributed by atoms with Gasteiger partial charge in [0.2, 0.25) is 0 Å². The third-order valence-corrected chi connectivity index (χ3v) is 2.87. The molecule has 0 aliphatic heterocycles. The molecule has 0 fully saturated rings. The van der Waals surface area contributed by atoms with Crippen LogP contribution >= 0.6 is 0 Å². The summed E-state index contributed by atoms with van der Waals surface area (Å²) >= 11 is 0. The van der Waals surface area contributed by atoms with Crippen molar-refractivity contribution in [2.75, 3.05) is 6.54 Å². The number of benzene rings is 1. The topological polar surface area (TPSA) is 29.9 Å². The highest BCUT2D eigenvalue weighted by molar-refractivity contribution is 5.23. The predicted octanol–water partition coefficient (Wildman–Crippen LogP) is 2.51. The van der Waals surface area contributed by atoms with E-state index in [0.717, 1.165) is 25.1 Å². The first-order chi connectivity index (χ1) is 8.75. The molecule has 96 valence electrons. The Bertz CT molecular complexity index is 480. The van der Waals surface area contributed by atoms with Gasteiger partial charge in [-0.25, -0.2) is 4.39 Å². The van der Waals surface area contributed by atoms with Crippen LogP contribution in [-0.2, 0) is 13.1 Å². The lowest BCUT2D eigenvalue weighted by Gasteiger charge is -2.06. The summed E-state index contributed by atoms with van der Waals surface area (Å²) in [7, 11) is 0. The summed E-state index contributed by atoms with van der Waals surface area (Å²) in [6, 6.07) is 7.29. The first-order valence-electron chi connectivity index (χ1n) is 6.19. The minimum absolute atomic E-state index is 0.133. The highest BCUT2D eigenvalue weighted by Gasteiger charge is 1.99. The van der Waals surface area contributed by atoms with Gasteiger partial charge >= 0.3 is 0 Å². The van der Waals surface area contributed by atoms with Crippen LogP contribution in [0.5, 0.6) is 0 Å². The molecule has 0 saturated heterocycles. The normalized spacial score (nSPS) is 10.8. The summed E-state index contributed by atoms with van der Waals surface area (Å²) in [4.78, 5) is 0. The van der Waals surface area contributed by atoms with Gasteiger partial charge in [0.25, 0.3) is 0 Å². The molecule has 1 aromatic heterocycles. The maximum absolute atomic E-state index is 13.3. The fourth-order valence-corrected chi connectivity index (χ4v) is 1.78. The molecule has 1 heterocycles. The van der Waals surface area contributed by atoms with Gasteiger partial charge in [0.1, 0.15) is 5.82 Å². The van der Waals surface area contributed by atoms with Crippen LogP contribution in [0.25, 0.3) is 0 Å². The van der Waals surface area contributed by atoms with E-state index < -0.39 is 0 Å². The fraction of sp³-hybridized carbons (Fsp3) is 0.357. The Hall–Kier alpha value is -1.68. The van der Waals surface area contributed by atoms with Gasteiger partial charge in [0, 0.05) is 25.5 Å². The molecule has 0 unspecified atom stereocenters. The smallest absolute Gasteiger partial charge is 0.126 e. The van der Waals surface area contributed by atoms with Crippen molar-refractivity contribution >= 4 is 0 Å². The largest absolute Gasteiger partial charge is 0.313 e. The van der Waals surface area contributed by atoms with E-state index in [9.17, 15) is 4.39 Å². The van der Waals surface area contributed by atoms with Gasteiger partial charge in [-0.3, -0.25) is 4.68 Å². The Morgan fingerprint density at radius 1 is 1.39 bits per heavy atom. The van der Waals surface area contributed by atoms with E-state index in [4.69, 9.17) is 0 Å². The molecule has 1 N–H and O–H groups in total. The third kappa shape index (κ3) is 3.67. The molecular weight excluding hydrogens is 229 g/mol. The summed E-state index contributed by atoms with van der Waals surface area (Å²) in [6.07, 6.45) is 4.74. The van der Waals surface area contributed by atoms with E-state index in [1.807, 2.05) is 29.1 Å². The molecule has 0 radical (unpaired) electrons. The molecule has 0 bridgehead atoms. The third-order valence-electron chi connectivity index (χ3n) is 2.87. The first-order valence-corrected chi connectivity index (χ1v) is 6.19. The Morgan fingerprint density at radius 3 is 3.00 bits per heavy atom. The zero-order valence-electron chi connectivity index (χ0n) is 10.6. The van der Waals surface area contributed by atoms with Crippen LogP contribution in [0.15, 0.2) is 36.7 Å². The summed E-state index contributed by atoms with van der Waals surface area (Å²) in [6.45, 7) is 4.28. The van der Waals surface area contributed by atoms with Crippen LogP contribution in [0.1, 0.15) is 17.5 Å². The molecule has 0 aliphatic carbocycles. The molecule has 1 aromatic carbocycles. The number of aromatic nitrogens is 2. The molecule has 0 saturated carbocycles. The average molecular weight is 247 g/mol. The Labute approximate surface area is 107 Å². The Balaban J connectivity index is 1.67. The monoisotopic (exact) mass is 247 g/mol. The minimum Gasteiger partial charge on any atom is -0.313 e. The van der Waals surface area contributed by atoms with E-state index in [-0.39, 0.29) is 5.82 Å². The zero-order chi connectivity index (χ0) is 12.8. The van der Waals surface area contributed by atoms with Crippen LogP contribution in [0.3, 0.4) is 0 Å². The highest BCUT2D eigenvalue weighted by Crippen LogP contribution is 2.08. The lowest BCUT2D eigenvalue weighted by atomic mass is 10.1. The van der Waals surface area contributed by atoms with Crippen molar-refractivity contribution < 1.29 is 4.39 Å². The van der Waals surface area contributed by atoms with Gasteiger partial charge in [-0.15, -0.1) is 0 Å². The maximum Gasteiger partial charge on any atom is 0.126 e. The van der Waals surface area contributed by atoms with Crippen molar-refractivity contribution in [3.05, 3.63) is 53.6 Å². The molecular formula is C14H18FN3. The second-order valence-corrected chi connectivity index (χ2v) is 4.38. The fourth-order valence-electron chi connectivity index (χ4n) is 1.78. The maximum atomic E-state index is 13.3. The summed E-state index contributed by atoms with van der Waals surface area (Å²) in [5.41, 5.74) is 1.68. The second-order valence-electron chi connectivity index (χ2n) is 4.38. The molecule has 4 heteroatoms. The van der Waals surface area contributed by atoms with Gasteiger partial charge in [-0.05, 0) is 43.1 Å². The summed E-state index contributed by atoms with van der Waals surface area (Å²) in [5.74, 6) is -0.133. The van der Waals surface area contributed by atoms with Crippen LogP contribution < -0.4 is 5.32 Å². The molecule has 0 spiro atoms. The van der Waals surface area contributed by atoms with Crippen molar-refractivity contribution in [3.8, 4) is 0 Å². The molecule has 18 heavy (non-hydrogen) atoms. The lowest BCUT2D eigenvalue weighted by molar-refractivity contribution is 0.542.